The van der Waals surface area contributed by atoms with Crippen LogP contribution in [0.2, 0.25) is 0 Å². The zero-order valence-electron chi connectivity index (χ0n) is 19.4. The molecular weight excluding hydrogens is 418 g/mol. The maximum Gasteiger partial charge on any atom is 0.244 e. The molecule has 1 aromatic heterocycles. The van der Waals surface area contributed by atoms with Crippen LogP contribution in [0.15, 0.2) is 48.8 Å². The predicted octanol–water partition coefficient (Wildman–Crippen LogP) is 4.31. The van der Waals surface area contributed by atoms with Gasteiger partial charge in [0.15, 0.2) is 11.5 Å². The molecule has 0 aliphatic carbocycles. The summed E-state index contributed by atoms with van der Waals surface area (Å²) in [6, 6.07) is 11.6. The number of carbonyl (C=O) groups excluding carboxylic acids is 2. The van der Waals surface area contributed by atoms with Crippen LogP contribution < -0.4 is 14.8 Å². The van der Waals surface area contributed by atoms with E-state index in [4.69, 9.17) is 9.47 Å². The van der Waals surface area contributed by atoms with Gasteiger partial charge in [-0.3, -0.25) is 9.59 Å². The number of nitrogens with one attached hydrogen (secondary N) is 1. The molecule has 0 spiro atoms. The summed E-state index contributed by atoms with van der Waals surface area (Å²) in [4.78, 5) is 27.0. The molecular formula is C26H29N3O4. The Morgan fingerprint density at radius 1 is 1.09 bits per heavy atom. The molecule has 2 amide bonds. The van der Waals surface area contributed by atoms with E-state index in [1.165, 1.54) is 4.90 Å². The number of ether oxygens (including phenoxy) is 2. The molecule has 7 heteroatoms. The standard InChI is InChI=1S/C26H29N3O4/c1-17(2)15-28-9-8-19-11-21(5-6-22(19)28)27-25(30)16-29-10-7-18-12-23(32-3)24(33-4)13-20(18)14-26(29)31/h5-13,17H,14-16H2,1-4H3,(H,27,30). The van der Waals surface area contributed by atoms with E-state index in [9.17, 15) is 9.59 Å². The second-order valence-electron chi connectivity index (χ2n) is 8.60. The number of benzene rings is 2. The summed E-state index contributed by atoms with van der Waals surface area (Å²) in [6.45, 7) is 5.25. The minimum atomic E-state index is -0.255. The zero-order valence-corrected chi connectivity index (χ0v) is 19.4. The van der Waals surface area contributed by atoms with Gasteiger partial charge in [-0.2, -0.15) is 0 Å². The molecule has 172 valence electrons. The van der Waals surface area contributed by atoms with Crippen molar-refractivity contribution in [2.75, 3.05) is 26.1 Å². The number of carbonyl (C=O) groups is 2. The molecule has 1 aliphatic rings. The fraction of sp³-hybridized carbons (Fsp3) is 0.308. The molecule has 7 nitrogen and oxygen atoms in total. The highest BCUT2D eigenvalue weighted by Crippen LogP contribution is 2.32. The van der Waals surface area contributed by atoms with Crippen LogP contribution >= 0.6 is 0 Å². The van der Waals surface area contributed by atoms with Gasteiger partial charge in [-0.25, -0.2) is 0 Å². The summed E-state index contributed by atoms with van der Waals surface area (Å²) >= 11 is 0. The van der Waals surface area contributed by atoms with Gasteiger partial charge < -0.3 is 24.3 Å². The lowest BCUT2D eigenvalue weighted by atomic mass is 10.0. The van der Waals surface area contributed by atoms with Crippen molar-refractivity contribution in [2.45, 2.75) is 26.8 Å². The molecule has 0 unspecified atom stereocenters. The van der Waals surface area contributed by atoms with E-state index in [1.807, 2.05) is 36.4 Å². The summed E-state index contributed by atoms with van der Waals surface area (Å²) < 4.78 is 12.9. The molecule has 0 saturated heterocycles. The maximum atomic E-state index is 12.8. The molecule has 4 rings (SSSR count). The average molecular weight is 448 g/mol. The van der Waals surface area contributed by atoms with Gasteiger partial charge in [0.25, 0.3) is 0 Å². The molecule has 0 bridgehead atoms. The summed E-state index contributed by atoms with van der Waals surface area (Å²) in [7, 11) is 3.13. The van der Waals surface area contributed by atoms with Crippen LogP contribution in [-0.2, 0) is 22.6 Å². The number of rotatable bonds is 7. The third-order valence-electron chi connectivity index (χ3n) is 5.67. The number of anilines is 1. The molecule has 33 heavy (non-hydrogen) atoms. The Labute approximate surface area is 193 Å². The first-order valence-electron chi connectivity index (χ1n) is 11.0. The van der Waals surface area contributed by atoms with E-state index in [2.05, 4.69) is 29.9 Å². The Balaban J connectivity index is 1.45. The molecule has 1 aliphatic heterocycles. The Bertz CT molecular complexity index is 1230. The van der Waals surface area contributed by atoms with Gasteiger partial charge in [-0.15, -0.1) is 0 Å². The number of nitrogens with zero attached hydrogens (tertiary/aromatic N) is 2. The molecule has 0 atom stereocenters. The first-order chi connectivity index (χ1) is 15.9. The molecule has 1 N–H and O–H groups in total. The monoisotopic (exact) mass is 447 g/mol. The quantitative estimate of drug-likeness (QED) is 0.586. The molecule has 2 heterocycles. The van der Waals surface area contributed by atoms with Crippen LogP contribution in [-0.4, -0.2) is 42.0 Å². The van der Waals surface area contributed by atoms with Crippen LogP contribution in [0.5, 0.6) is 11.5 Å². The Morgan fingerprint density at radius 2 is 1.85 bits per heavy atom. The van der Waals surface area contributed by atoms with Crippen LogP contribution in [0.25, 0.3) is 17.0 Å². The molecule has 0 radical (unpaired) electrons. The molecule has 0 saturated carbocycles. The smallest absolute Gasteiger partial charge is 0.244 e. The highest BCUT2D eigenvalue weighted by atomic mass is 16.5. The van der Waals surface area contributed by atoms with Crippen molar-refractivity contribution in [1.29, 1.82) is 0 Å². The average Bonchev–Trinajstić information content (AvgIpc) is 3.10. The van der Waals surface area contributed by atoms with Crippen molar-refractivity contribution in [3.05, 3.63) is 59.9 Å². The van der Waals surface area contributed by atoms with Gasteiger partial charge in [0.2, 0.25) is 11.8 Å². The summed E-state index contributed by atoms with van der Waals surface area (Å²) in [5, 5.41) is 3.98. The molecule has 3 aromatic rings. The first kappa shape index (κ1) is 22.5. The van der Waals surface area contributed by atoms with E-state index in [-0.39, 0.29) is 24.8 Å². The minimum absolute atomic E-state index is 0.0655. The summed E-state index contributed by atoms with van der Waals surface area (Å²) in [5.41, 5.74) is 3.53. The number of aromatic nitrogens is 1. The third kappa shape index (κ3) is 4.87. The predicted molar refractivity (Wildman–Crippen MR) is 129 cm³/mol. The van der Waals surface area contributed by atoms with E-state index < -0.39 is 0 Å². The SMILES string of the molecule is COc1cc2c(cc1OC)CC(=O)N(CC(=O)Nc1ccc3c(ccn3CC(C)C)c1)C=C2. The van der Waals surface area contributed by atoms with Crippen molar-refractivity contribution in [3.63, 3.8) is 0 Å². The van der Waals surface area contributed by atoms with Gasteiger partial charge in [0.1, 0.15) is 6.54 Å². The van der Waals surface area contributed by atoms with Gasteiger partial charge in [0, 0.05) is 35.5 Å². The van der Waals surface area contributed by atoms with Gasteiger partial charge >= 0.3 is 0 Å². The highest BCUT2D eigenvalue weighted by Gasteiger charge is 2.21. The molecule has 0 fully saturated rings. The topological polar surface area (TPSA) is 72.8 Å². The van der Waals surface area contributed by atoms with Crippen LogP contribution in [0.4, 0.5) is 5.69 Å². The second kappa shape index (κ2) is 9.40. The Kier molecular flexibility index (Phi) is 6.40. The number of amides is 2. The van der Waals surface area contributed by atoms with Crippen LogP contribution in [0.3, 0.4) is 0 Å². The fourth-order valence-corrected chi connectivity index (χ4v) is 4.09. The number of fused-ring (bicyclic) bond motifs is 2. The van der Waals surface area contributed by atoms with Crippen molar-refractivity contribution < 1.29 is 19.1 Å². The number of methoxy groups -OCH3 is 2. The lowest BCUT2D eigenvalue weighted by Crippen LogP contribution is -2.34. The van der Waals surface area contributed by atoms with Crippen molar-refractivity contribution in [1.82, 2.24) is 9.47 Å². The minimum Gasteiger partial charge on any atom is -0.493 e. The number of hydrogen-bond donors (Lipinski definition) is 1. The van der Waals surface area contributed by atoms with Crippen LogP contribution in [0.1, 0.15) is 25.0 Å². The van der Waals surface area contributed by atoms with Crippen molar-refractivity contribution in [2.24, 2.45) is 5.92 Å². The van der Waals surface area contributed by atoms with E-state index in [1.54, 1.807) is 26.5 Å². The second-order valence-corrected chi connectivity index (χ2v) is 8.60. The van der Waals surface area contributed by atoms with Crippen molar-refractivity contribution >= 4 is 34.5 Å². The van der Waals surface area contributed by atoms with E-state index in [0.29, 0.717) is 23.1 Å². The zero-order chi connectivity index (χ0) is 23.5. The maximum absolute atomic E-state index is 12.8. The summed E-state index contributed by atoms with van der Waals surface area (Å²) in [5.74, 6) is 1.30. The van der Waals surface area contributed by atoms with Crippen LogP contribution in [0, 0.1) is 5.92 Å². The first-order valence-corrected chi connectivity index (χ1v) is 11.0. The highest BCUT2D eigenvalue weighted by molar-refractivity contribution is 5.97. The third-order valence-corrected chi connectivity index (χ3v) is 5.67. The lowest BCUT2D eigenvalue weighted by Gasteiger charge is -2.17. The molecule has 2 aromatic carbocycles. The Morgan fingerprint density at radius 3 is 2.58 bits per heavy atom. The van der Waals surface area contributed by atoms with Crippen molar-refractivity contribution in [3.8, 4) is 11.5 Å². The Hall–Kier alpha value is -3.74. The summed E-state index contributed by atoms with van der Waals surface area (Å²) in [6.07, 6.45) is 5.71. The van der Waals surface area contributed by atoms with Gasteiger partial charge in [0.05, 0.1) is 20.6 Å². The number of hydrogen-bond acceptors (Lipinski definition) is 4. The normalized spacial score (nSPS) is 13.2. The lowest BCUT2D eigenvalue weighted by molar-refractivity contribution is -0.131. The fourth-order valence-electron chi connectivity index (χ4n) is 4.09. The van der Waals surface area contributed by atoms with Gasteiger partial charge in [-0.1, -0.05) is 13.8 Å². The van der Waals surface area contributed by atoms with E-state index in [0.717, 1.165) is 28.6 Å². The van der Waals surface area contributed by atoms with Gasteiger partial charge in [-0.05, 0) is 59.5 Å². The van der Waals surface area contributed by atoms with E-state index >= 15 is 0 Å². The largest absolute Gasteiger partial charge is 0.493 e.